The minimum atomic E-state index is -0.670. The lowest BCUT2D eigenvalue weighted by molar-refractivity contribution is -0.122. The molecule has 1 N–H and O–H groups in total. The molecule has 8 heteroatoms. The van der Waals surface area contributed by atoms with Gasteiger partial charge in [0.1, 0.15) is 12.1 Å². The van der Waals surface area contributed by atoms with E-state index in [-0.39, 0.29) is 5.91 Å². The molecule has 0 saturated carbocycles. The van der Waals surface area contributed by atoms with Gasteiger partial charge in [-0.3, -0.25) is 4.79 Å². The summed E-state index contributed by atoms with van der Waals surface area (Å²) in [4.78, 5) is 12.4. The van der Waals surface area contributed by atoms with Gasteiger partial charge in [-0.25, -0.2) is 4.68 Å². The predicted octanol–water partition coefficient (Wildman–Crippen LogP) is 3.03. The number of carbonyl (C=O) groups is 1. The average Bonchev–Trinajstić information content (AvgIpc) is 3.12. The second kappa shape index (κ2) is 7.31. The predicted molar refractivity (Wildman–Crippen MR) is 94.1 cm³/mol. The number of anilines is 1. The molecule has 0 saturated heterocycles. The van der Waals surface area contributed by atoms with Crippen LogP contribution in [-0.4, -0.2) is 32.2 Å². The molecule has 0 fully saturated rings. The lowest BCUT2D eigenvalue weighted by Gasteiger charge is -2.16. The topological polar surface area (TPSA) is 81.9 Å². The number of hydrogen-bond acceptors (Lipinski definition) is 5. The monoisotopic (exact) mass is 357 g/mol. The van der Waals surface area contributed by atoms with E-state index in [9.17, 15) is 4.79 Å². The number of halogens is 1. The van der Waals surface area contributed by atoms with Crippen molar-refractivity contribution >= 4 is 23.2 Å². The first kappa shape index (κ1) is 16.9. The first-order chi connectivity index (χ1) is 12.0. The van der Waals surface area contributed by atoms with E-state index in [1.165, 1.54) is 11.0 Å². The van der Waals surface area contributed by atoms with Gasteiger partial charge in [0.2, 0.25) is 0 Å². The van der Waals surface area contributed by atoms with Crippen LogP contribution < -0.4 is 10.1 Å². The zero-order chi connectivity index (χ0) is 17.8. The third kappa shape index (κ3) is 4.13. The van der Waals surface area contributed by atoms with E-state index in [0.717, 1.165) is 11.3 Å². The van der Waals surface area contributed by atoms with Crippen LogP contribution in [0.1, 0.15) is 12.5 Å². The van der Waals surface area contributed by atoms with Gasteiger partial charge in [0, 0.05) is 10.7 Å². The van der Waals surface area contributed by atoms with Crippen molar-refractivity contribution in [3.63, 3.8) is 0 Å². The molecule has 0 bridgehead atoms. The van der Waals surface area contributed by atoms with E-state index >= 15 is 0 Å². The number of carbonyl (C=O) groups excluding carboxylic acids is 1. The number of aromatic nitrogens is 4. The first-order valence-corrected chi connectivity index (χ1v) is 7.98. The van der Waals surface area contributed by atoms with E-state index in [4.69, 9.17) is 16.3 Å². The number of hydrogen-bond donors (Lipinski definition) is 1. The molecule has 0 aliphatic heterocycles. The Morgan fingerprint density at radius 3 is 2.84 bits per heavy atom. The highest BCUT2D eigenvalue weighted by Gasteiger charge is 2.16. The minimum Gasteiger partial charge on any atom is -0.481 e. The lowest BCUT2D eigenvalue weighted by atomic mass is 10.2. The zero-order valence-electron chi connectivity index (χ0n) is 13.7. The number of tetrazole rings is 1. The molecular weight excluding hydrogens is 342 g/mol. The van der Waals surface area contributed by atoms with Crippen LogP contribution in [-0.2, 0) is 4.79 Å². The molecule has 1 atom stereocenters. The molecule has 0 aliphatic rings. The van der Waals surface area contributed by atoms with Crippen molar-refractivity contribution in [1.29, 1.82) is 0 Å². The number of rotatable bonds is 5. The number of aryl methyl sites for hydroxylation is 1. The molecule has 7 nitrogen and oxygen atoms in total. The summed E-state index contributed by atoms with van der Waals surface area (Å²) >= 11 is 5.93. The number of nitrogens with one attached hydrogen (secondary N) is 1. The molecule has 128 valence electrons. The second-order valence-corrected chi connectivity index (χ2v) is 5.90. The molecule has 0 radical (unpaired) electrons. The Morgan fingerprint density at radius 1 is 1.28 bits per heavy atom. The van der Waals surface area contributed by atoms with Crippen molar-refractivity contribution in [3.8, 4) is 11.4 Å². The fraction of sp³-hybridized carbons (Fsp3) is 0.176. The van der Waals surface area contributed by atoms with Crippen LogP contribution in [0.5, 0.6) is 5.75 Å². The number of nitrogens with zero attached hydrogens (tertiary/aromatic N) is 4. The molecule has 0 aliphatic carbocycles. The van der Waals surface area contributed by atoms with E-state index in [1.807, 2.05) is 19.1 Å². The van der Waals surface area contributed by atoms with Gasteiger partial charge in [-0.15, -0.1) is 5.10 Å². The maximum absolute atomic E-state index is 12.4. The number of amides is 1. The fourth-order valence-corrected chi connectivity index (χ4v) is 2.47. The molecule has 3 rings (SSSR count). The van der Waals surface area contributed by atoms with Crippen LogP contribution in [0.3, 0.4) is 0 Å². The van der Waals surface area contributed by atoms with Crippen LogP contribution in [0.15, 0.2) is 48.8 Å². The van der Waals surface area contributed by atoms with Crippen molar-refractivity contribution in [1.82, 2.24) is 20.2 Å². The summed E-state index contributed by atoms with van der Waals surface area (Å²) in [6.45, 7) is 3.57. The smallest absolute Gasteiger partial charge is 0.265 e. The Kier molecular flexibility index (Phi) is 4.95. The third-order valence-corrected chi connectivity index (χ3v) is 3.77. The Labute approximate surface area is 149 Å². The largest absolute Gasteiger partial charge is 0.481 e. The second-order valence-electron chi connectivity index (χ2n) is 5.46. The zero-order valence-corrected chi connectivity index (χ0v) is 14.4. The van der Waals surface area contributed by atoms with Crippen molar-refractivity contribution in [2.24, 2.45) is 0 Å². The molecule has 3 aromatic rings. The fourth-order valence-electron chi connectivity index (χ4n) is 2.24. The summed E-state index contributed by atoms with van der Waals surface area (Å²) in [6, 6.07) is 12.5. The highest BCUT2D eigenvalue weighted by molar-refractivity contribution is 6.30. The Balaban J connectivity index is 1.68. The van der Waals surface area contributed by atoms with Crippen molar-refractivity contribution in [3.05, 3.63) is 59.4 Å². The van der Waals surface area contributed by atoms with Gasteiger partial charge in [-0.2, -0.15) is 0 Å². The summed E-state index contributed by atoms with van der Waals surface area (Å²) < 4.78 is 7.23. The molecule has 2 aromatic carbocycles. The Morgan fingerprint density at radius 2 is 2.12 bits per heavy atom. The summed E-state index contributed by atoms with van der Waals surface area (Å²) in [5.74, 6) is 0.359. The van der Waals surface area contributed by atoms with Gasteiger partial charge in [-0.05, 0) is 66.2 Å². The van der Waals surface area contributed by atoms with Crippen molar-refractivity contribution in [2.45, 2.75) is 20.0 Å². The molecular formula is C17H16ClN5O2. The van der Waals surface area contributed by atoms with Crippen molar-refractivity contribution in [2.75, 3.05) is 5.32 Å². The van der Waals surface area contributed by atoms with Gasteiger partial charge in [0.15, 0.2) is 6.10 Å². The lowest BCUT2D eigenvalue weighted by Crippen LogP contribution is -2.30. The van der Waals surface area contributed by atoms with Gasteiger partial charge in [0.25, 0.3) is 5.91 Å². The summed E-state index contributed by atoms with van der Waals surface area (Å²) in [5, 5.41) is 14.5. The van der Waals surface area contributed by atoms with E-state index in [2.05, 4.69) is 20.8 Å². The van der Waals surface area contributed by atoms with Crippen LogP contribution in [0, 0.1) is 6.92 Å². The summed E-state index contributed by atoms with van der Waals surface area (Å²) in [7, 11) is 0. The maximum atomic E-state index is 12.4. The molecule has 1 aromatic heterocycles. The maximum Gasteiger partial charge on any atom is 0.265 e. The SMILES string of the molecule is Cc1cc(Cl)ccc1OC(C)C(=O)Nc1cccc(-n2cnnn2)c1. The highest BCUT2D eigenvalue weighted by Crippen LogP contribution is 2.23. The van der Waals surface area contributed by atoms with Crippen LogP contribution in [0.4, 0.5) is 5.69 Å². The molecule has 0 spiro atoms. The molecule has 25 heavy (non-hydrogen) atoms. The van der Waals surface area contributed by atoms with E-state index in [0.29, 0.717) is 16.5 Å². The Hall–Kier alpha value is -2.93. The van der Waals surface area contributed by atoms with Gasteiger partial charge < -0.3 is 10.1 Å². The van der Waals surface area contributed by atoms with Crippen LogP contribution in [0.2, 0.25) is 5.02 Å². The van der Waals surface area contributed by atoms with Gasteiger partial charge in [-0.1, -0.05) is 17.7 Å². The summed E-state index contributed by atoms with van der Waals surface area (Å²) in [5.41, 5.74) is 2.24. The quantitative estimate of drug-likeness (QED) is 0.759. The highest BCUT2D eigenvalue weighted by atomic mass is 35.5. The Bertz CT molecular complexity index is 883. The first-order valence-electron chi connectivity index (χ1n) is 7.60. The van der Waals surface area contributed by atoms with Crippen molar-refractivity contribution < 1.29 is 9.53 Å². The van der Waals surface area contributed by atoms with Crippen LogP contribution in [0.25, 0.3) is 5.69 Å². The number of ether oxygens (including phenoxy) is 1. The molecule has 1 heterocycles. The standard InChI is InChI=1S/C17H16ClN5O2/c1-11-8-13(18)6-7-16(11)25-12(2)17(24)20-14-4-3-5-15(9-14)23-10-19-21-22-23/h3-10,12H,1-2H3,(H,20,24). The average molecular weight is 358 g/mol. The molecule has 1 unspecified atom stereocenters. The van der Waals surface area contributed by atoms with E-state index < -0.39 is 6.10 Å². The summed E-state index contributed by atoms with van der Waals surface area (Å²) in [6.07, 6.45) is 0.812. The van der Waals surface area contributed by atoms with Crippen LogP contribution >= 0.6 is 11.6 Å². The normalized spacial score (nSPS) is 11.8. The minimum absolute atomic E-state index is 0.261. The third-order valence-electron chi connectivity index (χ3n) is 3.54. The van der Waals surface area contributed by atoms with Gasteiger partial charge >= 0.3 is 0 Å². The molecule has 1 amide bonds. The van der Waals surface area contributed by atoms with E-state index in [1.54, 1.807) is 37.3 Å². The number of benzene rings is 2. The van der Waals surface area contributed by atoms with Gasteiger partial charge in [0.05, 0.1) is 5.69 Å².